The Balaban J connectivity index is 2.56. The van der Waals surface area contributed by atoms with Crippen molar-refractivity contribution in [3.05, 3.63) is 82.4 Å². The van der Waals surface area contributed by atoms with Crippen LogP contribution in [0, 0.1) is 5.92 Å². The standard InChI is InChI=1S/C25H29F3O/c1-15(2)17(5)13-18(6)19-11-12-23(25(26,27)28)22(14-19)24(29)21-10-8-7-9-20(21)16(3)4/h7-12,14-16,18H,5,13H2,1-4,6H3. The number of carbonyl (C=O) groups excluding carboxylic acids is 1. The average Bonchev–Trinajstić information content (AvgIpc) is 2.65. The second-order valence-electron chi connectivity index (χ2n) is 8.29. The zero-order valence-electron chi connectivity index (χ0n) is 17.7. The Morgan fingerprint density at radius 3 is 2.14 bits per heavy atom. The quantitative estimate of drug-likeness (QED) is 0.341. The molecule has 1 atom stereocenters. The van der Waals surface area contributed by atoms with E-state index >= 15 is 0 Å². The fourth-order valence-electron chi connectivity index (χ4n) is 3.40. The van der Waals surface area contributed by atoms with E-state index in [1.165, 1.54) is 12.1 Å². The molecule has 4 heteroatoms. The molecule has 0 aliphatic carbocycles. The van der Waals surface area contributed by atoms with E-state index in [9.17, 15) is 18.0 Å². The molecule has 0 radical (unpaired) electrons. The van der Waals surface area contributed by atoms with Gasteiger partial charge in [-0.2, -0.15) is 13.2 Å². The molecule has 0 bridgehead atoms. The molecule has 0 aliphatic rings. The monoisotopic (exact) mass is 402 g/mol. The first-order chi connectivity index (χ1) is 13.4. The maximum Gasteiger partial charge on any atom is 0.417 e. The molecule has 0 aliphatic heterocycles. The van der Waals surface area contributed by atoms with Crippen molar-refractivity contribution in [3.8, 4) is 0 Å². The van der Waals surface area contributed by atoms with Gasteiger partial charge in [-0.3, -0.25) is 4.79 Å². The van der Waals surface area contributed by atoms with Crippen LogP contribution >= 0.6 is 0 Å². The van der Waals surface area contributed by atoms with Crippen molar-refractivity contribution in [1.82, 2.24) is 0 Å². The highest BCUT2D eigenvalue weighted by Gasteiger charge is 2.36. The van der Waals surface area contributed by atoms with E-state index in [0.717, 1.165) is 17.2 Å². The SMILES string of the molecule is C=C(CC(C)c1ccc(C(F)(F)F)c(C(=O)c2ccccc2C(C)C)c1)C(C)C. The third-order valence-electron chi connectivity index (χ3n) is 5.37. The van der Waals surface area contributed by atoms with Crippen molar-refractivity contribution in [2.24, 2.45) is 5.92 Å². The van der Waals surface area contributed by atoms with Gasteiger partial charge in [-0.25, -0.2) is 0 Å². The minimum Gasteiger partial charge on any atom is -0.289 e. The van der Waals surface area contributed by atoms with Crippen LogP contribution in [0.5, 0.6) is 0 Å². The highest BCUT2D eigenvalue weighted by molar-refractivity contribution is 6.11. The van der Waals surface area contributed by atoms with Crippen molar-refractivity contribution >= 4 is 5.78 Å². The predicted octanol–water partition coefficient (Wildman–Crippen LogP) is 7.77. The summed E-state index contributed by atoms with van der Waals surface area (Å²) >= 11 is 0. The first-order valence-corrected chi connectivity index (χ1v) is 9.95. The maximum absolute atomic E-state index is 13.7. The molecule has 0 N–H and O–H groups in total. The van der Waals surface area contributed by atoms with Gasteiger partial charge in [-0.05, 0) is 47.4 Å². The van der Waals surface area contributed by atoms with Crippen LogP contribution in [0.3, 0.4) is 0 Å². The van der Waals surface area contributed by atoms with Gasteiger partial charge in [0.25, 0.3) is 0 Å². The number of allylic oxidation sites excluding steroid dienone is 1. The van der Waals surface area contributed by atoms with E-state index in [2.05, 4.69) is 6.58 Å². The summed E-state index contributed by atoms with van der Waals surface area (Å²) in [7, 11) is 0. The fraction of sp³-hybridized carbons (Fsp3) is 0.400. The molecule has 2 aromatic rings. The minimum absolute atomic E-state index is 0.0286. The Labute approximate surface area is 171 Å². The topological polar surface area (TPSA) is 17.1 Å². The third kappa shape index (κ3) is 5.37. The van der Waals surface area contributed by atoms with Crippen LogP contribution in [-0.4, -0.2) is 5.78 Å². The number of hydrogen-bond donors (Lipinski definition) is 0. The molecule has 1 nitrogen and oxygen atoms in total. The van der Waals surface area contributed by atoms with Crippen LogP contribution in [0.4, 0.5) is 13.2 Å². The van der Waals surface area contributed by atoms with Gasteiger partial charge >= 0.3 is 6.18 Å². The number of benzene rings is 2. The van der Waals surface area contributed by atoms with Crippen molar-refractivity contribution in [1.29, 1.82) is 0 Å². The summed E-state index contributed by atoms with van der Waals surface area (Å²) in [5, 5.41) is 0. The molecular weight excluding hydrogens is 373 g/mol. The predicted molar refractivity (Wildman–Crippen MR) is 112 cm³/mol. The Morgan fingerprint density at radius 2 is 1.59 bits per heavy atom. The summed E-state index contributed by atoms with van der Waals surface area (Å²) in [5.41, 5.74) is 1.65. The average molecular weight is 403 g/mol. The molecular formula is C25H29F3O. The van der Waals surface area contributed by atoms with E-state index in [1.807, 2.05) is 34.6 Å². The van der Waals surface area contributed by atoms with Crippen molar-refractivity contribution in [2.45, 2.75) is 59.1 Å². The van der Waals surface area contributed by atoms with E-state index in [-0.39, 0.29) is 17.4 Å². The van der Waals surface area contributed by atoms with Gasteiger partial charge in [0.05, 0.1) is 5.56 Å². The maximum atomic E-state index is 13.7. The summed E-state index contributed by atoms with van der Waals surface area (Å²) in [4.78, 5) is 13.2. The Hall–Kier alpha value is -2.36. The second kappa shape index (κ2) is 8.98. The molecule has 29 heavy (non-hydrogen) atoms. The lowest BCUT2D eigenvalue weighted by Crippen LogP contribution is -2.16. The van der Waals surface area contributed by atoms with Gasteiger partial charge in [-0.15, -0.1) is 0 Å². The van der Waals surface area contributed by atoms with Gasteiger partial charge < -0.3 is 0 Å². The molecule has 0 spiro atoms. The van der Waals surface area contributed by atoms with Gasteiger partial charge in [0, 0.05) is 11.1 Å². The zero-order valence-corrected chi connectivity index (χ0v) is 17.7. The number of carbonyl (C=O) groups is 1. The van der Waals surface area contributed by atoms with Crippen molar-refractivity contribution < 1.29 is 18.0 Å². The lowest BCUT2D eigenvalue weighted by molar-refractivity contribution is -0.137. The van der Waals surface area contributed by atoms with Crippen LogP contribution in [-0.2, 0) is 6.18 Å². The lowest BCUT2D eigenvalue weighted by Gasteiger charge is -2.20. The molecule has 2 rings (SSSR count). The molecule has 156 valence electrons. The molecule has 0 aromatic heterocycles. The van der Waals surface area contributed by atoms with Gasteiger partial charge in [-0.1, -0.05) is 77.1 Å². The molecule has 1 unspecified atom stereocenters. The van der Waals surface area contributed by atoms with Crippen LogP contribution in [0.2, 0.25) is 0 Å². The molecule has 0 fully saturated rings. The Bertz CT molecular complexity index is 891. The van der Waals surface area contributed by atoms with Gasteiger partial charge in [0.15, 0.2) is 5.78 Å². The van der Waals surface area contributed by atoms with Gasteiger partial charge in [0.1, 0.15) is 0 Å². The summed E-state index contributed by atoms with van der Waals surface area (Å²) in [6.07, 6.45) is -3.93. The molecule has 0 saturated carbocycles. The largest absolute Gasteiger partial charge is 0.417 e. The first kappa shape index (κ1) is 22.9. The first-order valence-electron chi connectivity index (χ1n) is 9.95. The normalized spacial score (nSPS) is 13.0. The molecule has 0 amide bonds. The van der Waals surface area contributed by atoms with E-state index in [4.69, 9.17) is 0 Å². The van der Waals surface area contributed by atoms with Crippen molar-refractivity contribution in [2.75, 3.05) is 0 Å². The van der Waals surface area contributed by atoms with E-state index in [0.29, 0.717) is 23.5 Å². The summed E-state index contributed by atoms with van der Waals surface area (Å²) in [6, 6.07) is 10.8. The van der Waals surface area contributed by atoms with Crippen molar-refractivity contribution in [3.63, 3.8) is 0 Å². The van der Waals surface area contributed by atoms with Crippen LogP contribution in [0.25, 0.3) is 0 Å². The number of rotatable bonds is 7. The van der Waals surface area contributed by atoms with Crippen LogP contribution < -0.4 is 0 Å². The summed E-state index contributed by atoms with van der Waals surface area (Å²) < 4.78 is 41.0. The lowest BCUT2D eigenvalue weighted by atomic mass is 9.85. The molecule has 2 aromatic carbocycles. The van der Waals surface area contributed by atoms with Crippen LogP contribution in [0.15, 0.2) is 54.6 Å². The summed E-state index contributed by atoms with van der Waals surface area (Å²) in [6.45, 7) is 13.9. The van der Waals surface area contributed by atoms with Crippen LogP contribution in [0.1, 0.15) is 85.5 Å². The number of hydrogen-bond acceptors (Lipinski definition) is 1. The fourth-order valence-corrected chi connectivity index (χ4v) is 3.40. The molecule has 0 heterocycles. The second-order valence-corrected chi connectivity index (χ2v) is 8.29. The Morgan fingerprint density at radius 1 is 0.966 bits per heavy atom. The minimum atomic E-state index is -4.60. The Kier molecular flexibility index (Phi) is 7.10. The highest BCUT2D eigenvalue weighted by atomic mass is 19.4. The number of alkyl halides is 3. The van der Waals surface area contributed by atoms with E-state index in [1.54, 1.807) is 24.3 Å². The number of ketones is 1. The van der Waals surface area contributed by atoms with Gasteiger partial charge in [0.2, 0.25) is 0 Å². The summed E-state index contributed by atoms with van der Waals surface area (Å²) in [5.74, 6) is -0.288. The zero-order chi connectivity index (χ0) is 21.9. The third-order valence-corrected chi connectivity index (χ3v) is 5.37. The highest BCUT2D eigenvalue weighted by Crippen LogP contribution is 2.36. The molecule has 0 saturated heterocycles. The smallest absolute Gasteiger partial charge is 0.289 e. The number of halogens is 3. The van der Waals surface area contributed by atoms with E-state index < -0.39 is 17.5 Å².